The molecule has 0 bridgehead atoms. The lowest BCUT2D eigenvalue weighted by molar-refractivity contribution is 0.436. The van der Waals surface area contributed by atoms with Gasteiger partial charge in [-0.3, -0.25) is 0 Å². The number of ether oxygens (including phenoxy) is 2. The summed E-state index contributed by atoms with van der Waals surface area (Å²) in [5, 5.41) is 0. The van der Waals surface area contributed by atoms with Crippen molar-refractivity contribution in [3.05, 3.63) is 330 Å². The maximum absolute atomic E-state index is 6.70. The molecule has 0 amide bonds. The van der Waals surface area contributed by atoms with Gasteiger partial charge in [0.1, 0.15) is 23.0 Å². The molecule has 77 heavy (non-hydrogen) atoms. The molecule has 0 saturated heterocycles. The van der Waals surface area contributed by atoms with Gasteiger partial charge in [-0.2, -0.15) is 0 Å². The Balaban J connectivity index is 0.906. The molecule has 4 aliphatic rings. The van der Waals surface area contributed by atoms with E-state index >= 15 is 0 Å². The van der Waals surface area contributed by atoms with Crippen molar-refractivity contribution in [3.8, 4) is 78.6 Å². The van der Waals surface area contributed by atoms with Gasteiger partial charge in [-0.25, -0.2) is 0 Å². The Bertz CT molecular complexity index is 4290. The molecule has 0 radical (unpaired) electrons. The predicted octanol–water partition coefficient (Wildman–Crippen LogP) is 19.1. The summed E-state index contributed by atoms with van der Waals surface area (Å²) in [7, 11) is 0. The van der Waals surface area contributed by atoms with Gasteiger partial charge in [0.05, 0.1) is 22.2 Å². The van der Waals surface area contributed by atoms with Crippen molar-refractivity contribution in [3.63, 3.8) is 0 Å². The molecule has 0 N–H and O–H groups in total. The van der Waals surface area contributed by atoms with Gasteiger partial charge in [0, 0.05) is 39.1 Å². The highest BCUT2D eigenvalue weighted by Crippen LogP contribution is 2.65. The quantitative estimate of drug-likeness (QED) is 0.166. The monoisotopic (exact) mass is 981 g/mol. The Labute approximate surface area is 448 Å². The first-order valence-corrected chi connectivity index (χ1v) is 26.6. The SMILES string of the molecule is c1ccc(-c2ccccc2N(c2cccc(-c3cccc4c3-c3ccccc3C43c4ccccc4Oc4ccccc43)c2)c2ccccc2-c2ccc3c(c2)-c2ccccc2C32c3ccccc3Oc3ccccc32)cc1. The lowest BCUT2D eigenvalue weighted by Crippen LogP contribution is -2.32. The number of nitrogens with zero attached hydrogens (tertiary/aromatic N) is 1. The van der Waals surface area contributed by atoms with Crippen LogP contribution in [0.15, 0.2) is 285 Å². The fraction of sp³-hybridized carbons (Fsp3) is 0.0270. The van der Waals surface area contributed by atoms with E-state index in [9.17, 15) is 0 Å². The fourth-order valence-electron chi connectivity index (χ4n) is 13.8. The molecular formula is C74H47NO2. The van der Waals surface area contributed by atoms with Crippen LogP contribution in [0.4, 0.5) is 17.1 Å². The summed E-state index contributed by atoms with van der Waals surface area (Å²) in [5.41, 5.74) is 23.6. The topological polar surface area (TPSA) is 21.7 Å². The first-order chi connectivity index (χ1) is 38.2. The number of para-hydroxylation sites is 6. The second-order valence-corrected chi connectivity index (χ2v) is 20.6. The third-order valence-corrected chi connectivity index (χ3v) is 16.8. The Morgan fingerprint density at radius 1 is 0.234 bits per heavy atom. The van der Waals surface area contributed by atoms with Gasteiger partial charge >= 0.3 is 0 Å². The predicted molar refractivity (Wildman–Crippen MR) is 312 cm³/mol. The molecule has 16 rings (SSSR count). The van der Waals surface area contributed by atoms with Crippen LogP contribution in [0.2, 0.25) is 0 Å². The van der Waals surface area contributed by atoms with Crippen molar-refractivity contribution in [1.29, 1.82) is 0 Å². The van der Waals surface area contributed by atoms with Crippen molar-refractivity contribution < 1.29 is 9.47 Å². The second kappa shape index (κ2) is 16.8. The molecule has 2 spiro atoms. The van der Waals surface area contributed by atoms with Crippen LogP contribution in [0.5, 0.6) is 23.0 Å². The number of anilines is 3. The summed E-state index contributed by atoms with van der Waals surface area (Å²) in [5.74, 6) is 3.56. The van der Waals surface area contributed by atoms with Crippen molar-refractivity contribution >= 4 is 17.1 Å². The van der Waals surface area contributed by atoms with Crippen molar-refractivity contribution in [2.45, 2.75) is 10.8 Å². The smallest absolute Gasteiger partial charge is 0.132 e. The van der Waals surface area contributed by atoms with E-state index in [-0.39, 0.29) is 0 Å². The van der Waals surface area contributed by atoms with E-state index in [4.69, 9.17) is 9.47 Å². The van der Waals surface area contributed by atoms with Gasteiger partial charge in [-0.15, -0.1) is 0 Å². The normalized spacial score (nSPS) is 13.9. The van der Waals surface area contributed by atoms with E-state index in [1.807, 2.05) is 0 Å². The average Bonchev–Trinajstić information content (AvgIpc) is 4.20. The summed E-state index contributed by atoms with van der Waals surface area (Å²) < 4.78 is 13.4. The highest BCUT2D eigenvalue weighted by Gasteiger charge is 2.53. The molecule has 2 aliphatic heterocycles. The van der Waals surface area contributed by atoms with Gasteiger partial charge in [-0.05, 0) is 121 Å². The number of rotatable bonds is 6. The lowest BCUT2D eigenvalue weighted by atomic mass is 9.66. The van der Waals surface area contributed by atoms with Crippen molar-refractivity contribution in [2.75, 3.05) is 4.90 Å². The Kier molecular flexibility index (Phi) is 9.47. The second-order valence-electron chi connectivity index (χ2n) is 20.6. The van der Waals surface area contributed by atoms with E-state index in [1.165, 1.54) is 50.1 Å². The van der Waals surface area contributed by atoms with Crippen LogP contribution in [-0.2, 0) is 10.8 Å². The van der Waals surface area contributed by atoms with Crippen LogP contribution in [0, 0.1) is 0 Å². The molecule has 2 heterocycles. The fourth-order valence-corrected chi connectivity index (χ4v) is 13.8. The summed E-state index contributed by atoms with van der Waals surface area (Å²) >= 11 is 0. The minimum absolute atomic E-state index is 0.550. The van der Waals surface area contributed by atoms with Gasteiger partial charge < -0.3 is 14.4 Å². The zero-order valence-corrected chi connectivity index (χ0v) is 41.9. The highest BCUT2D eigenvalue weighted by atomic mass is 16.5. The van der Waals surface area contributed by atoms with Crippen LogP contribution >= 0.6 is 0 Å². The largest absolute Gasteiger partial charge is 0.457 e. The Hall–Kier alpha value is -9.96. The summed E-state index contributed by atoms with van der Waals surface area (Å²) in [6.07, 6.45) is 0. The molecule has 0 atom stereocenters. The summed E-state index contributed by atoms with van der Waals surface area (Å²) in [6, 6.07) is 104. The first-order valence-electron chi connectivity index (χ1n) is 26.6. The third-order valence-electron chi connectivity index (χ3n) is 16.8. The molecule has 12 aromatic carbocycles. The van der Waals surface area contributed by atoms with E-state index < -0.39 is 10.8 Å². The number of hydrogen-bond donors (Lipinski definition) is 0. The van der Waals surface area contributed by atoms with Crippen LogP contribution in [0.3, 0.4) is 0 Å². The minimum atomic E-state index is -0.571. The van der Waals surface area contributed by atoms with Crippen LogP contribution in [-0.4, -0.2) is 0 Å². The molecule has 3 heteroatoms. The molecule has 360 valence electrons. The van der Waals surface area contributed by atoms with Crippen molar-refractivity contribution in [2.24, 2.45) is 0 Å². The molecular weight excluding hydrogens is 935 g/mol. The first kappa shape index (κ1) is 43.4. The van der Waals surface area contributed by atoms with Crippen molar-refractivity contribution in [1.82, 2.24) is 0 Å². The third kappa shape index (κ3) is 6.08. The zero-order valence-electron chi connectivity index (χ0n) is 41.9. The maximum atomic E-state index is 6.70. The Morgan fingerprint density at radius 3 is 1.22 bits per heavy atom. The molecule has 0 saturated carbocycles. The van der Waals surface area contributed by atoms with Crippen LogP contribution in [0.1, 0.15) is 44.5 Å². The summed E-state index contributed by atoms with van der Waals surface area (Å²) in [4.78, 5) is 2.48. The van der Waals surface area contributed by atoms with Crippen LogP contribution in [0.25, 0.3) is 55.6 Å². The van der Waals surface area contributed by atoms with Gasteiger partial charge in [0.2, 0.25) is 0 Å². The zero-order chi connectivity index (χ0) is 50.7. The molecule has 12 aromatic rings. The van der Waals surface area contributed by atoms with E-state index in [0.29, 0.717) is 0 Å². The maximum Gasteiger partial charge on any atom is 0.132 e. The van der Waals surface area contributed by atoms with E-state index in [0.717, 1.165) is 90.1 Å². The van der Waals surface area contributed by atoms with Crippen LogP contribution < -0.4 is 14.4 Å². The van der Waals surface area contributed by atoms with Gasteiger partial charge in [0.15, 0.2) is 0 Å². The number of benzene rings is 12. The summed E-state index contributed by atoms with van der Waals surface area (Å²) in [6.45, 7) is 0. The molecule has 2 aliphatic carbocycles. The van der Waals surface area contributed by atoms with E-state index in [1.54, 1.807) is 0 Å². The standard InChI is InChI=1S/C74H47NO2/c1-2-22-48(23-3-1)52-26-6-14-38-66(52)75(51-25-20-24-49(46-51)54-30-21-37-65-72(54)56-29-5-9-32-59(56)74(65)63-35-12-18-42-70(63)77-71-43-19-13-36-64(71)74)67-39-15-7-27-53(67)50-44-45-60-57(47-50)55-28-4-8-31-58(55)73(60)61-33-10-16-40-68(61)76-69-41-17-11-34-62(69)73/h1-47H. The van der Waals surface area contributed by atoms with Gasteiger partial charge in [0.25, 0.3) is 0 Å². The highest BCUT2D eigenvalue weighted by molar-refractivity contribution is 6.00. The number of fused-ring (bicyclic) bond motifs is 18. The molecule has 0 unspecified atom stereocenters. The molecule has 3 nitrogen and oxygen atoms in total. The minimum Gasteiger partial charge on any atom is -0.457 e. The average molecular weight is 982 g/mol. The van der Waals surface area contributed by atoms with E-state index in [2.05, 4.69) is 290 Å². The van der Waals surface area contributed by atoms with Gasteiger partial charge in [-0.1, -0.05) is 231 Å². The number of hydrogen-bond acceptors (Lipinski definition) is 3. The Morgan fingerprint density at radius 2 is 0.623 bits per heavy atom. The molecule has 0 fully saturated rings. The molecule has 0 aromatic heterocycles. The lowest BCUT2D eigenvalue weighted by Gasteiger charge is -2.39.